The number of hydrogen-bond acceptors (Lipinski definition) is 8. The van der Waals surface area contributed by atoms with Crippen LogP contribution in [0.25, 0.3) is 5.69 Å². The third-order valence-corrected chi connectivity index (χ3v) is 8.81. The summed E-state index contributed by atoms with van der Waals surface area (Å²) in [5.74, 6) is 0.426. The molecule has 0 aliphatic rings. The molecule has 1 aromatic heterocycles. The van der Waals surface area contributed by atoms with Crippen molar-refractivity contribution in [2.75, 3.05) is 39.3 Å². The Morgan fingerprint density at radius 3 is 2.27 bits per heavy atom. The number of carbonyl (C=O) groups excluding carboxylic acids is 1. The topological polar surface area (TPSA) is 121 Å². The average Bonchev–Trinajstić information content (AvgIpc) is 3.30. The van der Waals surface area contributed by atoms with Gasteiger partial charge in [-0.15, -0.1) is 0 Å². The van der Waals surface area contributed by atoms with Gasteiger partial charge in [0.25, 0.3) is 15.9 Å². The lowest BCUT2D eigenvalue weighted by molar-refractivity contribution is -0.119. The molecule has 0 fully saturated rings. The van der Waals surface area contributed by atoms with Crippen LogP contribution in [0, 0.1) is 13.8 Å². The molecule has 0 bridgehead atoms. The molecule has 0 aliphatic heterocycles. The number of nitrogens with zero attached hydrogens (tertiary/aromatic N) is 3. The number of aromatic nitrogens is 1. The van der Waals surface area contributed by atoms with Gasteiger partial charge in [-0.25, -0.2) is 13.8 Å². The van der Waals surface area contributed by atoms with Gasteiger partial charge in [0, 0.05) is 39.8 Å². The predicted octanol–water partition coefficient (Wildman–Crippen LogP) is 5.13. The fourth-order valence-corrected chi connectivity index (χ4v) is 6.29. The molecule has 0 aliphatic carbocycles. The first-order chi connectivity index (χ1) is 21.0. The molecule has 232 valence electrons. The number of amides is 1. The first-order valence-corrected chi connectivity index (χ1v) is 15.1. The van der Waals surface area contributed by atoms with E-state index in [4.69, 9.17) is 30.5 Å². The minimum Gasteiger partial charge on any atom is -0.497 e. The van der Waals surface area contributed by atoms with Gasteiger partial charge in [-0.1, -0.05) is 17.7 Å². The van der Waals surface area contributed by atoms with E-state index in [2.05, 4.69) is 10.5 Å². The van der Waals surface area contributed by atoms with Crippen molar-refractivity contribution in [2.24, 2.45) is 5.10 Å². The van der Waals surface area contributed by atoms with Crippen LogP contribution in [0.1, 0.15) is 17.0 Å². The smallest absolute Gasteiger partial charge is 0.265 e. The molecule has 0 saturated carbocycles. The van der Waals surface area contributed by atoms with Gasteiger partial charge < -0.3 is 23.5 Å². The van der Waals surface area contributed by atoms with Crippen LogP contribution < -0.4 is 28.7 Å². The fourth-order valence-electron chi connectivity index (χ4n) is 4.67. The Bertz CT molecular complexity index is 1800. The summed E-state index contributed by atoms with van der Waals surface area (Å²) in [6, 6.07) is 18.2. The maximum atomic E-state index is 14.0. The van der Waals surface area contributed by atoms with Crippen molar-refractivity contribution in [3.63, 3.8) is 0 Å². The van der Waals surface area contributed by atoms with Crippen LogP contribution >= 0.6 is 11.6 Å². The average molecular weight is 641 g/mol. The molecule has 0 saturated heterocycles. The summed E-state index contributed by atoms with van der Waals surface area (Å²) in [4.78, 5) is 13.1. The lowest BCUT2D eigenvalue weighted by Gasteiger charge is -2.26. The maximum Gasteiger partial charge on any atom is 0.265 e. The number of rotatable bonds is 12. The van der Waals surface area contributed by atoms with Gasteiger partial charge in [-0.2, -0.15) is 5.10 Å². The highest BCUT2D eigenvalue weighted by atomic mass is 35.5. The Morgan fingerprint density at radius 1 is 0.909 bits per heavy atom. The van der Waals surface area contributed by atoms with E-state index < -0.39 is 22.5 Å². The molecule has 1 heterocycles. The normalized spacial score (nSPS) is 11.3. The molecule has 0 unspecified atom stereocenters. The van der Waals surface area contributed by atoms with Crippen molar-refractivity contribution in [2.45, 2.75) is 18.7 Å². The SMILES string of the molecule is COc1ccc(OC)c(N(CC(=O)N/N=C\c2cc(C)n(-c3cccc(Cl)c3)c2C)S(=O)(=O)c2ccc(OC)c(OC)c2)c1. The van der Waals surface area contributed by atoms with Crippen LogP contribution in [0.3, 0.4) is 0 Å². The van der Waals surface area contributed by atoms with E-state index in [-0.39, 0.29) is 22.1 Å². The van der Waals surface area contributed by atoms with Crippen molar-refractivity contribution in [1.82, 2.24) is 9.99 Å². The number of ether oxygens (including phenoxy) is 4. The summed E-state index contributed by atoms with van der Waals surface area (Å²) >= 11 is 6.19. The van der Waals surface area contributed by atoms with Gasteiger partial charge in [0.15, 0.2) is 11.5 Å². The number of methoxy groups -OCH3 is 4. The van der Waals surface area contributed by atoms with Crippen molar-refractivity contribution < 1.29 is 32.2 Å². The second-order valence-electron chi connectivity index (χ2n) is 9.50. The summed E-state index contributed by atoms with van der Waals surface area (Å²) < 4.78 is 52.4. The molecular weight excluding hydrogens is 608 g/mol. The zero-order valence-corrected chi connectivity index (χ0v) is 26.7. The highest BCUT2D eigenvalue weighted by Crippen LogP contribution is 2.37. The zero-order chi connectivity index (χ0) is 32.0. The van der Waals surface area contributed by atoms with Crippen molar-refractivity contribution in [3.8, 4) is 28.7 Å². The molecule has 11 nitrogen and oxygen atoms in total. The highest BCUT2D eigenvalue weighted by Gasteiger charge is 2.31. The maximum absolute atomic E-state index is 14.0. The summed E-state index contributed by atoms with van der Waals surface area (Å²) in [7, 11) is 1.34. The molecule has 0 atom stereocenters. The molecule has 1 amide bonds. The van der Waals surface area contributed by atoms with E-state index in [0.717, 1.165) is 26.9 Å². The zero-order valence-electron chi connectivity index (χ0n) is 25.1. The monoisotopic (exact) mass is 640 g/mol. The quantitative estimate of drug-likeness (QED) is 0.168. The number of nitrogens with one attached hydrogen (secondary N) is 1. The molecule has 1 N–H and O–H groups in total. The molecule has 4 aromatic rings. The van der Waals surface area contributed by atoms with Crippen LogP contribution in [0.4, 0.5) is 5.69 Å². The van der Waals surface area contributed by atoms with Crippen LogP contribution in [0.5, 0.6) is 23.0 Å². The summed E-state index contributed by atoms with van der Waals surface area (Å²) in [5.41, 5.74) is 5.99. The number of aryl methyl sites for hydroxylation is 1. The van der Waals surface area contributed by atoms with Gasteiger partial charge in [0.2, 0.25) is 0 Å². The lowest BCUT2D eigenvalue weighted by Crippen LogP contribution is -2.39. The van der Waals surface area contributed by atoms with Gasteiger partial charge in [-0.3, -0.25) is 9.10 Å². The third kappa shape index (κ3) is 6.76. The van der Waals surface area contributed by atoms with Crippen molar-refractivity contribution in [1.29, 1.82) is 0 Å². The Kier molecular flexibility index (Phi) is 10.1. The summed E-state index contributed by atoms with van der Waals surface area (Å²) in [6.45, 7) is 3.24. The van der Waals surface area contributed by atoms with Crippen LogP contribution in [-0.4, -0.2) is 60.1 Å². The Hall–Kier alpha value is -4.68. The number of hydrogen-bond donors (Lipinski definition) is 1. The number of halogens is 1. The van der Waals surface area contributed by atoms with E-state index in [1.54, 1.807) is 18.2 Å². The number of anilines is 1. The third-order valence-electron chi connectivity index (χ3n) is 6.81. The lowest BCUT2D eigenvalue weighted by atomic mass is 10.2. The minimum atomic E-state index is -4.35. The van der Waals surface area contributed by atoms with E-state index in [0.29, 0.717) is 16.5 Å². The van der Waals surface area contributed by atoms with E-state index >= 15 is 0 Å². The molecule has 44 heavy (non-hydrogen) atoms. The Morgan fingerprint density at radius 2 is 1.61 bits per heavy atom. The molecular formula is C31H33ClN4O7S. The summed E-state index contributed by atoms with van der Waals surface area (Å²) in [6.07, 6.45) is 1.50. The summed E-state index contributed by atoms with van der Waals surface area (Å²) in [5, 5.41) is 4.73. The number of carbonyl (C=O) groups is 1. The van der Waals surface area contributed by atoms with Gasteiger partial charge in [0.1, 0.15) is 18.0 Å². The van der Waals surface area contributed by atoms with Gasteiger partial charge >= 0.3 is 0 Å². The second-order valence-corrected chi connectivity index (χ2v) is 11.8. The predicted molar refractivity (Wildman–Crippen MR) is 170 cm³/mol. The van der Waals surface area contributed by atoms with Crippen LogP contribution in [0.2, 0.25) is 5.02 Å². The van der Waals surface area contributed by atoms with E-state index in [9.17, 15) is 13.2 Å². The van der Waals surface area contributed by atoms with E-state index in [1.807, 2.05) is 42.7 Å². The molecule has 4 rings (SSSR count). The fraction of sp³-hybridized carbons (Fsp3) is 0.226. The second kappa shape index (κ2) is 13.7. The molecule has 0 radical (unpaired) electrons. The highest BCUT2D eigenvalue weighted by molar-refractivity contribution is 7.92. The van der Waals surface area contributed by atoms with Crippen molar-refractivity contribution >= 4 is 39.4 Å². The largest absolute Gasteiger partial charge is 0.497 e. The Balaban J connectivity index is 1.66. The number of hydrazone groups is 1. The molecule has 3 aromatic carbocycles. The van der Waals surface area contributed by atoms with Gasteiger partial charge in [0.05, 0.1) is 45.2 Å². The van der Waals surface area contributed by atoms with Crippen LogP contribution in [-0.2, 0) is 14.8 Å². The number of sulfonamides is 1. The molecule has 13 heteroatoms. The van der Waals surface area contributed by atoms with Gasteiger partial charge in [-0.05, 0) is 62.4 Å². The first-order valence-electron chi connectivity index (χ1n) is 13.3. The standard InChI is InChI=1S/C31H33ClN4O7S/c1-20-14-22(21(2)36(20)24-9-7-8-23(32)15-24)18-33-34-31(37)19-35(27-16-25(40-3)10-12-28(27)41-4)44(38,39)26-11-13-29(42-5)30(17-26)43-6/h7-18H,19H2,1-6H3,(H,34,37)/b33-18-. The van der Waals surface area contributed by atoms with Crippen LogP contribution in [0.15, 0.2) is 76.7 Å². The number of benzene rings is 3. The first kappa shape index (κ1) is 32.2. The van der Waals surface area contributed by atoms with Crippen molar-refractivity contribution in [3.05, 3.63) is 88.7 Å². The Labute approximate surface area is 261 Å². The molecule has 0 spiro atoms. The minimum absolute atomic E-state index is 0.0887. The van der Waals surface area contributed by atoms with E-state index in [1.165, 1.54) is 58.9 Å².